The Kier molecular flexibility index (Phi) is 4.26. The lowest BCUT2D eigenvalue weighted by Crippen LogP contribution is -2.43. The molecule has 1 saturated carbocycles. The van der Waals surface area contributed by atoms with E-state index in [9.17, 15) is 14.0 Å². The number of nitrogens with zero attached hydrogens (tertiary/aromatic N) is 2. The second-order valence-electron chi connectivity index (χ2n) is 7.04. The molecule has 138 valence electrons. The summed E-state index contributed by atoms with van der Waals surface area (Å²) in [5, 5.41) is 0. The summed E-state index contributed by atoms with van der Waals surface area (Å²) in [6, 6.07) is 11.0. The van der Waals surface area contributed by atoms with Crippen LogP contribution in [0.2, 0.25) is 0 Å². The third kappa shape index (κ3) is 3.12. The van der Waals surface area contributed by atoms with E-state index >= 15 is 0 Å². The van der Waals surface area contributed by atoms with Crippen molar-refractivity contribution < 1.29 is 13.9 Å². The van der Waals surface area contributed by atoms with E-state index in [1.807, 2.05) is 13.0 Å². The number of hydrogen-bond acceptors (Lipinski definition) is 4. The number of rotatable bonds is 4. The molecule has 5 nitrogen and oxygen atoms in total. The number of esters is 1. The summed E-state index contributed by atoms with van der Waals surface area (Å²) in [6.07, 6.45) is 3.98. The van der Waals surface area contributed by atoms with E-state index in [-0.39, 0.29) is 24.0 Å². The molecule has 1 aliphatic rings. The number of aryl methyl sites for hydroxylation is 1. The number of aromatic nitrogens is 2. The zero-order valence-corrected chi connectivity index (χ0v) is 14.9. The fraction of sp³-hybridized carbons (Fsp3) is 0.286. The van der Waals surface area contributed by atoms with Gasteiger partial charge in [0.05, 0.1) is 11.1 Å². The standard InChI is InChI=1S/C21H19FN2O3/c1-14-3-8-18-23-17(11-19(25)24(18)12-14)13-27-20(26)21(9-2-10-21)15-4-6-16(22)7-5-15/h3-8,11-12H,2,9-10,13H2,1H3. The lowest BCUT2D eigenvalue weighted by atomic mass is 9.64. The lowest BCUT2D eigenvalue weighted by Gasteiger charge is -2.39. The molecule has 0 bridgehead atoms. The molecule has 6 heteroatoms. The van der Waals surface area contributed by atoms with E-state index in [1.165, 1.54) is 22.6 Å². The summed E-state index contributed by atoms with van der Waals surface area (Å²) < 4.78 is 20.2. The third-order valence-corrected chi connectivity index (χ3v) is 5.21. The van der Waals surface area contributed by atoms with E-state index in [0.29, 0.717) is 24.2 Å². The van der Waals surface area contributed by atoms with Gasteiger partial charge in [-0.05, 0) is 49.1 Å². The number of pyridine rings is 1. The van der Waals surface area contributed by atoms with Crippen molar-refractivity contribution in [1.29, 1.82) is 0 Å². The van der Waals surface area contributed by atoms with Crippen molar-refractivity contribution in [3.8, 4) is 0 Å². The Balaban J connectivity index is 1.55. The van der Waals surface area contributed by atoms with Crippen LogP contribution in [-0.4, -0.2) is 15.4 Å². The summed E-state index contributed by atoms with van der Waals surface area (Å²) in [5.74, 6) is -0.691. The van der Waals surface area contributed by atoms with Gasteiger partial charge in [-0.15, -0.1) is 0 Å². The van der Waals surface area contributed by atoms with Gasteiger partial charge in [0.25, 0.3) is 5.56 Å². The second kappa shape index (κ2) is 6.61. The maximum atomic E-state index is 13.2. The minimum atomic E-state index is -0.725. The number of hydrogen-bond donors (Lipinski definition) is 0. The molecule has 2 heterocycles. The van der Waals surface area contributed by atoms with Gasteiger partial charge < -0.3 is 4.74 Å². The molecule has 27 heavy (non-hydrogen) atoms. The predicted octanol–water partition coefficient (Wildman–Crippen LogP) is 3.31. The molecule has 4 rings (SSSR count). The van der Waals surface area contributed by atoms with Crippen molar-refractivity contribution in [3.05, 3.63) is 81.7 Å². The van der Waals surface area contributed by atoms with Gasteiger partial charge in [-0.3, -0.25) is 14.0 Å². The minimum absolute atomic E-state index is 0.0681. The molecule has 2 aromatic heterocycles. The molecule has 1 aromatic carbocycles. The Labute approximate surface area is 155 Å². The molecule has 0 radical (unpaired) electrons. The van der Waals surface area contributed by atoms with Gasteiger partial charge in [0, 0.05) is 12.3 Å². The molecule has 0 saturated heterocycles. The molecule has 0 N–H and O–H groups in total. The average molecular weight is 366 g/mol. The van der Waals surface area contributed by atoms with E-state index in [4.69, 9.17) is 4.74 Å². The van der Waals surface area contributed by atoms with Gasteiger partial charge in [-0.2, -0.15) is 0 Å². The minimum Gasteiger partial charge on any atom is -0.458 e. The fourth-order valence-corrected chi connectivity index (χ4v) is 3.52. The van der Waals surface area contributed by atoms with Gasteiger partial charge >= 0.3 is 5.97 Å². The molecule has 1 fully saturated rings. The van der Waals surface area contributed by atoms with Gasteiger partial charge in [-0.1, -0.05) is 24.6 Å². The fourth-order valence-electron chi connectivity index (χ4n) is 3.52. The molecule has 1 aliphatic carbocycles. The van der Waals surface area contributed by atoms with E-state index < -0.39 is 5.41 Å². The Hall–Kier alpha value is -3.02. The number of benzene rings is 1. The molecule has 0 spiro atoms. The molecule has 3 aromatic rings. The largest absolute Gasteiger partial charge is 0.458 e. The lowest BCUT2D eigenvalue weighted by molar-refractivity contribution is -0.156. The quantitative estimate of drug-likeness (QED) is 0.665. The molecular weight excluding hydrogens is 347 g/mol. The highest BCUT2D eigenvalue weighted by Gasteiger charge is 2.47. The number of ether oxygens (including phenoxy) is 1. The number of carbonyl (C=O) groups is 1. The van der Waals surface area contributed by atoms with Gasteiger partial charge in [-0.25, -0.2) is 9.37 Å². The number of fused-ring (bicyclic) bond motifs is 1. The first kappa shape index (κ1) is 17.4. The monoisotopic (exact) mass is 366 g/mol. The van der Waals surface area contributed by atoms with Crippen LogP contribution in [0.4, 0.5) is 4.39 Å². The van der Waals surface area contributed by atoms with Crippen LogP contribution >= 0.6 is 0 Å². The van der Waals surface area contributed by atoms with Gasteiger partial charge in [0.15, 0.2) is 0 Å². The summed E-state index contributed by atoms with van der Waals surface area (Å²) >= 11 is 0. The van der Waals surface area contributed by atoms with Crippen molar-refractivity contribution in [2.75, 3.05) is 0 Å². The normalized spacial score (nSPS) is 15.3. The molecule has 0 aliphatic heterocycles. The van der Waals surface area contributed by atoms with Crippen molar-refractivity contribution in [1.82, 2.24) is 9.38 Å². The summed E-state index contributed by atoms with van der Waals surface area (Å²) in [5.41, 5.74) is 1.70. The Morgan fingerprint density at radius 2 is 1.96 bits per heavy atom. The van der Waals surface area contributed by atoms with Crippen molar-refractivity contribution in [2.24, 2.45) is 0 Å². The zero-order chi connectivity index (χ0) is 19.0. The van der Waals surface area contributed by atoms with Crippen LogP contribution in [0.3, 0.4) is 0 Å². The number of halogens is 1. The number of carbonyl (C=O) groups excluding carboxylic acids is 1. The van der Waals surface area contributed by atoms with E-state index in [2.05, 4.69) is 4.98 Å². The Morgan fingerprint density at radius 1 is 1.22 bits per heavy atom. The van der Waals surface area contributed by atoms with E-state index in [0.717, 1.165) is 17.5 Å². The first-order valence-corrected chi connectivity index (χ1v) is 8.90. The highest BCUT2D eigenvalue weighted by atomic mass is 19.1. The maximum absolute atomic E-state index is 13.2. The van der Waals surface area contributed by atoms with Crippen LogP contribution < -0.4 is 5.56 Å². The summed E-state index contributed by atoms with van der Waals surface area (Å²) in [7, 11) is 0. The van der Waals surface area contributed by atoms with Crippen LogP contribution in [0, 0.1) is 12.7 Å². The zero-order valence-electron chi connectivity index (χ0n) is 14.9. The molecule has 0 unspecified atom stereocenters. The SMILES string of the molecule is Cc1ccc2nc(COC(=O)C3(c4ccc(F)cc4)CCC3)cc(=O)n2c1. The highest BCUT2D eigenvalue weighted by Crippen LogP contribution is 2.44. The van der Waals surface area contributed by atoms with Crippen LogP contribution in [-0.2, 0) is 21.6 Å². The first-order valence-electron chi connectivity index (χ1n) is 8.90. The average Bonchev–Trinajstić information content (AvgIpc) is 2.61. The second-order valence-corrected chi connectivity index (χ2v) is 7.04. The maximum Gasteiger partial charge on any atom is 0.316 e. The van der Waals surface area contributed by atoms with Crippen LogP contribution in [0.25, 0.3) is 5.65 Å². The van der Waals surface area contributed by atoms with E-state index in [1.54, 1.807) is 24.4 Å². The molecule has 0 atom stereocenters. The highest BCUT2D eigenvalue weighted by molar-refractivity contribution is 5.84. The molecular formula is C21H19FN2O3. The third-order valence-electron chi connectivity index (χ3n) is 5.21. The van der Waals surface area contributed by atoms with Crippen LogP contribution in [0.1, 0.15) is 36.1 Å². The molecule has 0 amide bonds. The van der Waals surface area contributed by atoms with Crippen molar-refractivity contribution in [2.45, 2.75) is 38.2 Å². The van der Waals surface area contributed by atoms with Crippen LogP contribution in [0.5, 0.6) is 0 Å². The first-order chi connectivity index (χ1) is 13.0. The topological polar surface area (TPSA) is 60.7 Å². The predicted molar refractivity (Wildman–Crippen MR) is 97.9 cm³/mol. The summed E-state index contributed by atoms with van der Waals surface area (Å²) in [4.78, 5) is 29.4. The Bertz CT molecular complexity index is 1070. The Morgan fingerprint density at radius 3 is 2.63 bits per heavy atom. The van der Waals surface area contributed by atoms with Gasteiger partial charge in [0.1, 0.15) is 18.1 Å². The van der Waals surface area contributed by atoms with Gasteiger partial charge in [0.2, 0.25) is 0 Å². The smallest absolute Gasteiger partial charge is 0.316 e. The van der Waals surface area contributed by atoms with Crippen molar-refractivity contribution in [3.63, 3.8) is 0 Å². The summed E-state index contributed by atoms with van der Waals surface area (Å²) in [6.45, 7) is 1.83. The van der Waals surface area contributed by atoms with Crippen molar-refractivity contribution >= 4 is 11.6 Å². The van der Waals surface area contributed by atoms with Crippen LogP contribution in [0.15, 0.2) is 53.5 Å².